The lowest BCUT2D eigenvalue weighted by molar-refractivity contribution is -0.151. The lowest BCUT2D eigenvalue weighted by Gasteiger charge is -2.34. The molecule has 1 heterocycles. The molecule has 0 bridgehead atoms. The third kappa shape index (κ3) is 11.1. The molecular formula is C31H44N4O7S2. The summed E-state index contributed by atoms with van der Waals surface area (Å²) in [5, 5.41) is 7.57. The Morgan fingerprint density at radius 3 is 2.45 bits per heavy atom. The summed E-state index contributed by atoms with van der Waals surface area (Å²) in [7, 11) is 6.88. The number of fused-ring (bicyclic) bond motifs is 1. The monoisotopic (exact) mass is 648 g/mol. The van der Waals surface area contributed by atoms with Crippen molar-refractivity contribution in [3.05, 3.63) is 34.4 Å². The minimum absolute atomic E-state index is 0.0504. The molecule has 0 radical (unpaired) electrons. The van der Waals surface area contributed by atoms with Crippen molar-refractivity contribution in [1.29, 1.82) is 0 Å². The second kappa shape index (κ2) is 18.7. The van der Waals surface area contributed by atoms with E-state index in [9.17, 15) is 19.2 Å². The van der Waals surface area contributed by atoms with Gasteiger partial charge >= 0.3 is 11.9 Å². The zero-order chi connectivity index (χ0) is 31.9. The van der Waals surface area contributed by atoms with E-state index in [1.54, 1.807) is 58.8 Å². The maximum Gasteiger partial charge on any atom is 0.306 e. The Labute approximate surface area is 267 Å². The van der Waals surface area contributed by atoms with Gasteiger partial charge in [0.25, 0.3) is 5.91 Å². The lowest BCUT2D eigenvalue weighted by atomic mass is 9.91. The highest BCUT2D eigenvalue weighted by molar-refractivity contribution is 8.78. The zero-order valence-corrected chi connectivity index (χ0v) is 27.8. The molecule has 0 unspecified atom stereocenters. The molecule has 2 aromatic rings. The molecule has 0 aliphatic heterocycles. The summed E-state index contributed by atoms with van der Waals surface area (Å²) in [6, 6.07) is 5.15. The normalized spacial score (nSPS) is 17.1. The number of carbonyl (C=O) groups excluding carboxylic acids is 4. The van der Waals surface area contributed by atoms with E-state index in [4.69, 9.17) is 14.1 Å². The number of nitrogens with zero attached hydrogens (tertiary/aromatic N) is 4. The molecule has 0 spiro atoms. The average Bonchev–Trinajstić information content (AvgIpc) is 3.51. The highest BCUT2D eigenvalue weighted by Crippen LogP contribution is 2.35. The number of rotatable bonds is 18. The van der Waals surface area contributed by atoms with Crippen molar-refractivity contribution in [3.8, 4) is 0 Å². The van der Waals surface area contributed by atoms with Crippen LogP contribution >= 0.6 is 21.6 Å². The number of hydrogen-bond donors (Lipinski definition) is 0. The number of amides is 2. The van der Waals surface area contributed by atoms with Crippen LogP contribution in [0, 0.1) is 0 Å². The molecular weight excluding hydrogens is 604 g/mol. The van der Waals surface area contributed by atoms with Crippen LogP contribution in [0.2, 0.25) is 0 Å². The van der Waals surface area contributed by atoms with E-state index < -0.39 is 0 Å². The molecule has 1 aromatic carbocycles. The summed E-state index contributed by atoms with van der Waals surface area (Å²) in [6.45, 7) is 4.28. The van der Waals surface area contributed by atoms with E-state index >= 15 is 0 Å². The molecule has 0 saturated heterocycles. The van der Waals surface area contributed by atoms with Gasteiger partial charge in [-0.25, -0.2) is 4.63 Å². The number of aromatic nitrogens is 2. The van der Waals surface area contributed by atoms with Gasteiger partial charge in [0.05, 0.1) is 6.61 Å². The minimum atomic E-state index is -0.355. The number of allylic oxidation sites excluding steroid dienone is 1. The fourth-order valence-electron chi connectivity index (χ4n) is 4.87. The average molecular weight is 649 g/mol. The number of unbranched alkanes of at least 4 members (excludes halogenated alkanes) is 2. The van der Waals surface area contributed by atoms with Crippen LogP contribution in [-0.2, 0) is 23.9 Å². The van der Waals surface area contributed by atoms with E-state index in [2.05, 4.69) is 17.2 Å². The zero-order valence-electron chi connectivity index (χ0n) is 26.1. The SMILES string of the molecule is CCCCCSS/C(CCOC(=O)CCCC(=O)OC1CCC(N(C)C(=O)c2ccc3nonc3c2)CC1)=C(/C)N(C)C=O. The summed E-state index contributed by atoms with van der Waals surface area (Å²) in [4.78, 5) is 53.2. The molecule has 2 amide bonds. The standard InChI is InChI=1S/C31H44N4O7S2/c1-5-6-7-19-43-44-28(22(2)34(3)21-36)17-18-40-29(37)9-8-10-30(38)41-25-14-12-24(13-15-25)35(4)31(39)23-11-16-26-27(20-23)33-42-32-26/h11,16,20-21,24-25H,5-10,12-15,17-19H2,1-4H3/b28-22-. The van der Waals surface area contributed by atoms with Crippen LogP contribution in [0.4, 0.5) is 0 Å². The molecule has 1 aliphatic rings. The molecule has 11 nitrogen and oxygen atoms in total. The Balaban J connectivity index is 1.32. The first-order valence-electron chi connectivity index (χ1n) is 15.2. The molecule has 44 heavy (non-hydrogen) atoms. The van der Waals surface area contributed by atoms with Crippen molar-refractivity contribution in [2.75, 3.05) is 26.5 Å². The van der Waals surface area contributed by atoms with Crippen LogP contribution in [0.25, 0.3) is 11.0 Å². The van der Waals surface area contributed by atoms with Gasteiger partial charge in [0.15, 0.2) is 0 Å². The molecule has 242 valence electrons. The van der Waals surface area contributed by atoms with Crippen molar-refractivity contribution < 1.29 is 33.3 Å². The number of esters is 2. The fraction of sp³-hybridized carbons (Fsp3) is 0.613. The summed E-state index contributed by atoms with van der Waals surface area (Å²) in [5.41, 5.74) is 2.51. The van der Waals surface area contributed by atoms with E-state index in [1.165, 1.54) is 17.7 Å². The second-order valence-electron chi connectivity index (χ2n) is 11.0. The van der Waals surface area contributed by atoms with Crippen LogP contribution in [0.1, 0.15) is 94.8 Å². The van der Waals surface area contributed by atoms with Crippen LogP contribution < -0.4 is 0 Å². The van der Waals surface area contributed by atoms with Gasteiger partial charge in [-0.2, -0.15) is 0 Å². The van der Waals surface area contributed by atoms with Crippen molar-refractivity contribution in [1.82, 2.24) is 20.1 Å². The first-order valence-corrected chi connectivity index (χ1v) is 17.6. The quantitative estimate of drug-likeness (QED) is 0.0799. The summed E-state index contributed by atoms with van der Waals surface area (Å²) in [5.74, 6) is 0.244. The molecule has 3 rings (SSSR count). The van der Waals surface area contributed by atoms with E-state index in [-0.39, 0.29) is 49.4 Å². The highest BCUT2D eigenvalue weighted by atomic mass is 33.1. The third-order valence-corrected chi connectivity index (χ3v) is 10.5. The smallest absolute Gasteiger partial charge is 0.306 e. The van der Waals surface area contributed by atoms with Crippen molar-refractivity contribution >= 4 is 56.9 Å². The number of hydrogen-bond acceptors (Lipinski definition) is 11. The molecule has 1 aliphatic carbocycles. The first kappa shape index (κ1) is 35.4. The first-order chi connectivity index (χ1) is 21.2. The van der Waals surface area contributed by atoms with Crippen LogP contribution in [0.3, 0.4) is 0 Å². The molecule has 0 atom stereocenters. The third-order valence-electron chi connectivity index (χ3n) is 7.75. The van der Waals surface area contributed by atoms with E-state index in [0.717, 1.165) is 42.0 Å². The number of carbonyl (C=O) groups is 4. The van der Waals surface area contributed by atoms with Crippen LogP contribution in [0.15, 0.2) is 33.4 Å². The maximum atomic E-state index is 13.0. The summed E-state index contributed by atoms with van der Waals surface area (Å²) < 4.78 is 15.8. The maximum absolute atomic E-state index is 13.0. The second-order valence-corrected chi connectivity index (χ2v) is 13.5. The van der Waals surface area contributed by atoms with Gasteiger partial charge in [-0.15, -0.1) is 0 Å². The van der Waals surface area contributed by atoms with Gasteiger partial charge in [-0.3, -0.25) is 19.2 Å². The van der Waals surface area contributed by atoms with Crippen molar-refractivity contribution in [3.63, 3.8) is 0 Å². The van der Waals surface area contributed by atoms with Gasteiger partial charge in [-0.05, 0) is 74.0 Å². The number of benzene rings is 1. The van der Waals surface area contributed by atoms with Gasteiger partial charge in [-0.1, -0.05) is 41.4 Å². The predicted molar refractivity (Wildman–Crippen MR) is 172 cm³/mol. The van der Waals surface area contributed by atoms with Crippen molar-refractivity contribution in [2.45, 2.75) is 96.6 Å². The number of ether oxygens (including phenoxy) is 2. The fourth-order valence-corrected chi connectivity index (χ4v) is 7.49. The van der Waals surface area contributed by atoms with Crippen LogP contribution in [-0.4, -0.2) is 83.0 Å². The van der Waals surface area contributed by atoms with Gasteiger partial charge < -0.3 is 19.3 Å². The topological polar surface area (TPSA) is 132 Å². The Kier molecular flexibility index (Phi) is 15.0. The summed E-state index contributed by atoms with van der Waals surface area (Å²) >= 11 is 0. The summed E-state index contributed by atoms with van der Waals surface area (Å²) in [6.07, 6.45) is 8.05. The lowest BCUT2D eigenvalue weighted by Crippen LogP contribution is -2.41. The van der Waals surface area contributed by atoms with E-state index in [1.807, 2.05) is 6.92 Å². The Morgan fingerprint density at radius 2 is 1.73 bits per heavy atom. The predicted octanol–water partition coefficient (Wildman–Crippen LogP) is 6.14. The van der Waals surface area contributed by atoms with Crippen LogP contribution in [0.5, 0.6) is 0 Å². The minimum Gasteiger partial charge on any atom is -0.465 e. The Bertz CT molecular complexity index is 1280. The van der Waals surface area contributed by atoms with Gasteiger partial charge in [0, 0.05) is 61.3 Å². The highest BCUT2D eigenvalue weighted by Gasteiger charge is 2.29. The van der Waals surface area contributed by atoms with Gasteiger partial charge in [0.2, 0.25) is 6.41 Å². The molecule has 1 aromatic heterocycles. The van der Waals surface area contributed by atoms with Crippen molar-refractivity contribution in [2.24, 2.45) is 0 Å². The molecule has 1 fully saturated rings. The largest absolute Gasteiger partial charge is 0.465 e. The Hall–Kier alpha value is -3.06. The molecule has 0 N–H and O–H groups in total. The molecule has 13 heteroatoms. The Morgan fingerprint density at radius 1 is 1.00 bits per heavy atom. The van der Waals surface area contributed by atoms with E-state index in [0.29, 0.717) is 42.3 Å². The molecule has 1 saturated carbocycles. The van der Waals surface area contributed by atoms with Gasteiger partial charge in [0.1, 0.15) is 17.1 Å².